The summed E-state index contributed by atoms with van der Waals surface area (Å²) in [4.78, 5) is 29.8. The third kappa shape index (κ3) is 4.16. The molecule has 2 aromatic carbocycles. The lowest BCUT2D eigenvalue weighted by molar-refractivity contribution is -0.119. The molecule has 142 valence electrons. The number of aromatic nitrogens is 2. The van der Waals surface area contributed by atoms with Gasteiger partial charge in [-0.1, -0.05) is 49.9 Å². The van der Waals surface area contributed by atoms with Gasteiger partial charge in [0.25, 0.3) is 5.56 Å². The van der Waals surface area contributed by atoms with Crippen molar-refractivity contribution >= 4 is 39.3 Å². The van der Waals surface area contributed by atoms with Crippen LogP contribution in [0.5, 0.6) is 0 Å². The lowest BCUT2D eigenvalue weighted by atomic mass is 10.1. The van der Waals surface area contributed by atoms with Crippen LogP contribution in [0.15, 0.2) is 46.3 Å². The number of nitrogens with one attached hydrogen (secondary N) is 1. The molecule has 1 N–H and O–H groups in total. The van der Waals surface area contributed by atoms with E-state index in [-0.39, 0.29) is 23.3 Å². The van der Waals surface area contributed by atoms with Crippen molar-refractivity contribution in [1.29, 1.82) is 0 Å². The van der Waals surface area contributed by atoms with Gasteiger partial charge in [0, 0.05) is 12.6 Å². The molecule has 0 aliphatic carbocycles. The second kappa shape index (κ2) is 8.13. The Kier molecular flexibility index (Phi) is 5.85. The highest BCUT2D eigenvalue weighted by Gasteiger charge is 2.15. The Balaban J connectivity index is 1.94. The first-order valence-corrected chi connectivity index (χ1v) is 10.2. The standard InChI is InChI=1S/C21H25N3O2S/c1-5-24-20(26)17-10-15-8-6-7-9-16(15)11-18(17)23-21(24)27-12-19(25)22-14(4)13(2)3/h6-11,13-14H,5,12H2,1-4H3,(H,22,25)/t14-/m1/s1. The van der Waals surface area contributed by atoms with Crippen LogP contribution >= 0.6 is 11.8 Å². The summed E-state index contributed by atoms with van der Waals surface area (Å²) < 4.78 is 1.64. The molecular weight excluding hydrogens is 358 g/mol. The van der Waals surface area contributed by atoms with E-state index in [1.165, 1.54) is 11.8 Å². The molecule has 1 aromatic heterocycles. The van der Waals surface area contributed by atoms with Crippen molar-refractivity contribution in [3.05, 3.63) is 46.8 Å². The smallest absolute Gasteiger partial charge is 0.262 e. The quantitative estimate of drug-likeness (QED) is 0.399. The predicted molar refractivity (Wildman–Crippen MR) is 112 cm³/mol. The summed E-state index contributed by atoms with van der Waals surface area (Å²) >= 11 is 1.31. The number of amides is 1. The number of carbonyl (C=O) groups is 1. The fourth-order valence-corrected chi connectivity index (χ4v) is 3.74. The zero-order valence-electron chi connectivity index (χ0n) is 16.2. The molecule has 3 aromatic rings. The SMILES string of the molecule is CCn1c(SCC(=O)N[C@H](C)C(C)C)nc2cc3ccccc3cc2c1=O. The van der Waals surface area contributed by atoms with Gasteiger partial charge in [0.05, 0.1) is 16.7 Å². The van der Waals surface area contributed by atoms with E-state index in [1.54, 1.807) is 4.57 Å². The lowest BCUT2D eigenvalue weighted by Gasteiger charge is -2.17. The van der Waals surface area contributed by atoms with Crippen molar-refractivity contribution in [3.8, 4) is 0 Å². The molecule has 0 bridgehead atoms. The maximum Gasteiger partial charge on any atom is 0.262 e. The van der Waals surface area contributed by atoms with Crippen molar-refractivity contribution < 1.29 is 4.79 Å². The Morgan fingerprint density at radius 2 is 1.85 bits per heavy atom. The van der Waals surface area contributed by atoms with Crippen molar-refractivity contribution in [1.82, 2.24) is 14.9 Å². The van der Waals surface area contributed by atoms with Gasteiger partial charge in [-0.05, 0) is 42.7 Å². The topological polar surface area (TPSA) is 64.0 Å². The summed E-state index contributed by atoms with van der Waals surface area (Å²) in [6.07, 6.45) is 0. The first-order valence-electron chi connectivity index (χ1n) is 9.26. The van der Waals surface area contributed by atoms with Crippen LogP contribution in [0.25, 0.3) is 21.7 Å². The Morgan fingerprint density at radius 3 is 2.48 bits per heavy atom. The first-order chi connectivity index (χ1) is 12.9. The fraction of sp³-hybridized carbons (Fsp3) is 0.381. The number of carbonyl (C=O) groups excluding carboxylic acids is 1. The highest BCUT2D eigenvalue weighted by molar-refractivity contribution is 7.99. The normalized spacial score (nSPS) is 12.6. The molecule has 0 saturated carbocycles. The zero-order chi connectivity index (χ0) is 19.6. The van der Waals surface area contributed by atoms with Gasteiger partial charge in [-0.15, -0.1) is 0 Å². The van der Waals surface area contributed by atoms with E-state index in [4.69, 9.17) is 0 Å². The number of nitrogens with zero attached hydrogens (tertiary/aromatic N) is 2. The number of rotatable bonds is 6. The molecule has 5 nitrogen and oxygen atoms in total. The third-order valence-corrected chi connectivity index (χ3v) is 5.80. The number of hydrogen-bond donors (Lipinski definition) is 1. The lowest BCUT2D eigenvalue weighted by Crippen LogP contribution is -2.37. The van der Waals surface area contributed by atoms with E-state index in [1.807, 2.05) is 50.2 Å². The molecule has 0 saturated heterocycles. The molecule has 0 radical (unpaired) electrons. The summed E-state index contributed by atoms with van der Waals surface area (Å²) in [7, 11) is 0. The molecule has 3 rings (SSSR count). The van der Waals surface area contributed by atoms with E-state index >= 15 is 0 Å². The third-order valence-electron chi connectivity index (χ3n) is 4.82. The molecule has 1 amide bonds. The van der Waals surface area contributed by atoms with Gasteiger partial charge in [0.1, 0.15) is 0 Å². The Labute approximate surface area is 163 Å². The van der Waals surface area contributed by atoms with Crippen LogP contribution < -0.4 is 10.9 Å². The molecule has 0 spiro atoms. The van der Waals surface area contributed by atoms with Gasteiger partial charge in [-0.2, -0.15) is 0 Å². The molecule has 0 aliphatic rings. The van der Waals surface area contributed by atoms with Crippen molar-refractivity contribution in [2.24, 2.45) is 5.92 Å². The molecule has 0 aliphatic heterocycles. The van der Waals surface area contributed by atoms with Crippen LogP contribution in [0.2, 0.25) is 0 Å². The summed E-state index contributed by atoms with van der Waals surface area (Å²) in [6, 6.07) is 11.9. The summed E-state index contributed by atoms with van der Waals surface area (Å²) in [5, 5.41) is 6.25. The molecule has 1 heterocycles. The number of thioether (sulfide) groups is 1. The molecule has 1 atom stereocenters. The van der Waals surface area contributed by atoms with Crippen LogP contribution in [-0.2, 0) is 11.3 Å². The van der Waals surface area contributed by atoms with Crippen molar-refractivity contribution in [2.45, 2.75) is 45.4 Å². The van der Waals surface area contributed by atoms with Crippen molar-refractivity contribution in [2.75, 3.05) is 5.75 Å². The molecule has 27 heavy (non-hydrogen) atoms. The van der Waals surface area contributed by atoms with E-state index in [0.717, 1.165) is 10.8 Å². The maximum absolute atomic E-state index is 12.9. The monoisotopic (exact) mass is 383 g/mol. The average Bonchev–Trinajstić information content (AvgIpc) is 2.65. The van der Waals surface area contributed by atoms with Crippen LogP contribution in [0.4, 0.5) is 0 Å². The minimum absolute atomic E-state index is 0.0447. The maximum atomic E-state index is 12.9. The number of benzene rings is 2. The molecule has 0 unspecified atom stereocenters. The largest absolute Gasteiger partial charge is 0.353 e. The van der Waals surface area contributed by atoms with Crippen LogP contribution in [0.3, 0.4) is 0 Å². The Bertz CT molecular complexity index is 1040. The van der Waals surface area contributed by atoms with Gasteiger partial charge < -0.3 is 5.32 Å². The fourth-order valence-electron chi connectivity index (χ4n) is 2.87. The van der Waals surface area contributed by atoms with Crippen LogP contribution in [0, 0.1) is 5.92 Å². The molecule has 0 fully saturated rings. The summed E-state index contributed by atoms with van der Waals surface area (Å²) in [5.74, 6) is 0.569. The molecular formula is C21H25N3O2S. The van der Waals surface area contributed by atoms with Crippen LogP contribution in [0.1, 0.15) is 27.7 Å². The van der Waals surface area contributed by atoms with Crippen LogP contribution in [-0.4, -0.2) is 27.3 Å². The van der Waals surface area contributed by atoms with Gasteiger partial charge in [0.15, 0.2) is 5.16 Å². The highest BCUT2D eigenvalue weighted by Crippen LogP contribution is 2.22. The first kappa shape index (κ1) is 19.4. The summed E-state index contributed by atoms with van der Waals surface area (Å²) in [5.41, 5.74) is 0.605. The van der Waals surface area contributed by atoms with E-state index in [0.29, 0.717) is 28.5 Å². The molecule has 6 heteroatoms. The second-order valence-electron chi connectivity index (χ2n) is 7.05. The second-order valence-corrected chi connectivity index (χ2v) is 7.99. The van der Waals surface area contributed by atoms with Gasteiger partial charge in [-0.3, -0.25) is 14.2 Å². The Hall–Kier alpha value is -2.34. The van der Waals surface area contributed by atoms with E-state index < -0.39 is 0 Å². The average molecular weight is 384 g/mol. The minimum Gasteiger partial charge on any atom is -0.353 e. The predicted octanol–water partition coefficient (Wildman–Crippen LogP) is 3.82. The summed E-state index contributed by atoms with van der Waals surface area (Å²) in [6.45, 7) is 8.57. The Morgan fingerprint density at radius 1 is 1.19 bits per heavy atom. The van der Waals surface area contributed by atoms with Gasteiger partial charge in [-0.25, -0.2) is 4.98 Å². The number of fused-ring (bicyclic) bond motifs is 2. The highest BCUT2D eigenvalue weighted by atomic mass is 32.2. The van der Waals surface area contributed by atoms with E-state index in [9.17, 15) is 9.59 Å². The van der Waals surface area contributed by atoms with Gasteiger partial charge >= 0.3 is 0 Å². The number of hydrogen-bond acceptors (Lipinski definition) is 4. The van der Waals surface area contributed by atoms with Crippen molar-refractivity contribution in [3.63, 3.8) is 0 Å². The van der Waals surface area contributed by atoms with Gasteiger partial charge in [0.2, 0.25) is 5.91 Å². The zero-order valence-corrected chi connectivity index (χ0v) is 17.0. The van der Waals surface area contributed by atoms with E-state index in [2.05, 4.69) is 24.1 Å². The minimum atomic E-state index is -0.0632.